The second kappa shape index (κ2) is 7.95. The number of nitrogens with zero attached hydrogens (tertiary/aromatic N) is 2. The Kier molecular flexibility index (Phi) is 5.23. The lowest BCUT2D eigenvalue weighted by atomic mass is 10.1. The fourth-order valence-electron chi connectivity index (χ4n) is 3.35. The Balaban J connectivity index is 1.42. The van der Waals surface area contributed by atoms with Gasteiger partial charge in [0.05, 0.1) is 5.69 Å². The van der Waals surface area contributed by atoms with E-state index in [-0.39, 0.29) is 5.75 Å². The van der Waals surface area contributed by atoms with E-state index in [9.17, 15) is 5.11 Å². The summed E-state index contributed by atoms with van der Waals surface area (Å²) in [4.78, 5) is 6.96. The number of hydrogen-bond acceptors (Lipinski definition) is 3. The van der Waals surface area contributed by atoms with Crippen LogP contribution in [0.1, 0.15) is 17.7 Å². The van der Waals surface area contributed by atoms with E-state index in [1.165, 1.54) is 11.1 Å². The summed E-state index contributed by atoms with van der Waals surface area (Å²) in [6.45, 7) is 2.87. The molecular weight excluding hydrogens is 356 g/mol. The van der Waals surface area contributed by atoms with Crippen LogP contribution in [0.4, 0.5) is 0 Å². The van der Waals surface area contributed by atoms with Gasteiger partial charge in [-0.05, 0) is 47.9 Å². The molecule has 0 fully saturated rings. The van der Waals surface area contributed by atoms with Crippen LogP contribution in [-0.2, 0) is 6.54 Å². The summed E-state index contributed by atoms with van der Waals surface area (Å²) in [5.74, 6) is 0.219. The van der Waals surface area contributed by atoms with Crippen molar-refractivity contribution in [2.45, 2.75) is 13.0 Å². The molecule has 0 bridgehead atoms. The third kappa shape index (κ3) is 4.38. The Morgan fingerprint density at radius 3 is 2.78 bits per heavy atom. The fourth-order valence-corrected chi connectivity index (χ4v) is 3.56. The quantitative estimate of drug-likeness (QED) is 0.658. The van der Waals surface area contributed by atoms with Gasteiger partial charge in [-0.1, -0.05) is 54.1 Å². The number of benzene rings is 2. The molecule has 27 heavy (non-hydrogen) atoms. The average Bonchev–Trinajstić information content (AvgIpc) is 2.68. The molecule has 2 aromatic carbocycles. The lowest BCUT2D eigenvalue weighted by Crippen LogP contribution is -2.28. The Bertz CT molecular complexity index is 1030. The SMILES string of the molecule is Oc1cccc2ccc(C=CC3=CCN(Cc4cccc(Cl)c4)CC3)nc12. The highest BCUT2D eigenvalue weighted by molar-refractivity contribution is 6.30. The molecule has 0 amide bonds. The predicted octanol–water partition coefficient (Wildman–Crippen LogP) is 5.44. The molecule has 0 spiro atoms. The van der Waals surface area contributed by atoms with Crippen molar-refractivity contribution in [3.63, 3.8) is 0 Å². The van der Waals surface area contributed by atoms with Crippen molar-refractivity contribution in [3.05, 3.63) is 88.6 Å². The number of phenols is 1. The molecule has 4 rings (SSSR count). The molecule has 0 saturated heterocycles. The molecule has 136 valence electrons. The van der Waals surface area contributed by atoms with Crippen molar-refractivity contribution >= 4 is 28.6 Å². The van der Waals surface area contributed by atoms with E-state index in [1.807, 2.05) is 48.5 Å². The molecule has 1 aliphatic heterocycles. The minimum atomic E-state index is 0.219. The van der Waals surface area contributed by atoms with E-state index in [1.54, 1.807) is 6.07 Å². The zero-order chi connectivity index (χ0) is 18.6. The molecular formula is C23H21ClN2O. The van der Waals surface area contributed by atoms with Gasteiger partial charge in [0.15, 0.2) is 0 Å². The summed E-state index contributed by atoms with van der Waals surface area (Å²) < 4.78 is 0. The Labute approximate surface area is 164 Å². The van der Waals surface area contributed by atoms with E-state index in [2.05, 4.69) is 28.1 Å². The fraction of sp³-hybridized carbons (Fsp3) is 0.174. The Morgan fingerprint density at radius 2 is 1.96 bits per heavy atom. The van der Waals surface area contributed by atoms with Crippen LogP contribution in [-0.4, -0.2) is 28.1 Å². The highest BCUT2D eigenvalue weighted by Crippen LogP contribution is 2.23. The van der Waals surface area contributed by atoms with E-state index < -0.39 is 0 Å². The highest BCUT2D eigenvalue weighted by atomic mass is 35.5. The van der Waals surface area contributed by atoms with Gasteiger partial charge >= 0.3 is 0 Å². The minimum absolute atomic E-state index is 0.219. The van der Waals surface area contributed by atoms with Crippen LogP contribution in [0.3, 0.4) is 0 Å². The number of halogens is 1. The number of aromatic nitrogens is 1. The third-order valence-electron chi connectivity index (χ3n) is 4.81. The number of fused-ring (bicyclic) bond motifs is 1. The van der Waals surface area contributed by atoms with E-state index in [0.29, 0.717) is 5.52 Å². The molecule has 0 aliphatic carbocycles. The van der Waals surface area contributed by atoms with Gasteiger partial charge in [0.1, 0.15) is 11.3 Å². The van der Waals surface area contributed by atoms with E-state index in [0.717, 1.165) is 42.2 Å². The first kappa shape index (κ1) is 17.8. The number of para-hydroxylation sites is 1. The minimum Gasteiger partial charge on any atom is -0.506 e. The summed E-state index contributed by atoms with van der Waals surface area (Å²) in [7, 11) is 0. The number of rotatable bonds is 4. The maximum Gasteiger partial charge on any atom is 0.141 e. The van der Waals surface area contributed by atoms with Crippen LogP contribution >= 0.6 is 11.6 Å². The van der Waals surface area contributed by atoms with Crippen molar-refractivity contribution in [1.29, 1.82) is 0 Å². The van der Waals surface area contributed by atoms with Crippen LogP contribution < -0.4 is 0 Å². The summed E-state index contributed by atoms with van der Waals surface area (Å²) >= 11 is 6.07. The molecule has 1 aromatic heterocycles. The maximum absolute atomic E-state index is 9.97. The second-order valence-electron chi connectivity index (χ2n) is 6.81. The maximum atomic E-state index is 9.97. The average molecular weight is 377 g/mol. The molecule has 3 aromatic rings. The van der Waals surface area contributed by atoms with Gasteiger partial charge in [-0.15, -0.1) is 0 Å². The summed E-state index contributed by atoms with van der Waals surface area (Å²) in [5, 5.41) is 11.7. The molecule has 1 N–H and O–H groups in total. The summed E-state index contributed by atoms with van der Waals surface area (Å²) in [5.41, 5.74) is 4.06. The monoisotopic (exact) mass is 376 g/mol. The van der Waals surface area contributed by atoms with Gasteiger partial charge in [-0.3, -0.25) is 4.90 Å². The van der Waals surface area contributed by atoms with Gasteiger partial charge in [0.25, 0.3) is 0 Å². The standard InChI is InChI=1S/C23H21ClN2O/c24-20-5-1-3-18(15-20)16-26-13-11-17(12-14-26)7-9-21-10-8-19-4-2-6-22(27)23(19)25-21/h1-11,15,27H,12-14,16H2. The van der Waals surface area contributed by atoms with Gasteiger partial charge in [0.2, 0.25) is 0 Å². The van der Waals surface area contributed by atoms with Crippen LogP contribution in [0.5, 0.6) is 5.75 Å². The Hall–Kier alpha value is -2.62. The molecule has 0 radical (unpaired) electrons. The molecule has 1 aliphatic rings. The number of phenolic OH excluding ortho intramolecular Hbond substituents is 1. The van der Waals surface area contributed by atoms with Gasteiger partial charge in [-0.25, -0.2) is 4.98 Å². The van der Waals surface area contributed by atoms with Gasteiger partial charge < -0.3 is 5.11 Å². The van der Waals surface area contributed by atoms with Crippen molar-refractivity contribution < 1.29 is 5.11 Å². The largest absolute Gasteiger partial charge is 0.506 e. The lowest BCUT2D eigenvalue weighted by Gasteiger charge is -2.25. The molecule has 3 nitrogen and oxygen atoms in total. The van der Waals surface area contributed by atoms with E-state index in [4.69, 9.17) is 11.6 Å². The highest BCUT2D eigenvalue weighted by Gasteiger charge is 2.11. The number of aromatic hydroxyl groups is 1. The Morgan fingerprint density at radius 1 is 1.07 bits per heavy atom. The molecule has 2 heterocycles. The third-order valence-corrected chi connectivity index (χ3v) is 5.05. The first-order valence-electron chi connectivity index (χ1n) is 9.10. The smallest absolute Gasteiger partial charge is 0.141 e. The van der Waals surface area contributed by atoms with Crippen LogP contribution in [0, 0.1) is 0 Å². The van der Waals surface area contributed by atoms with Crippen LogP contribution in [0.15, 0.2) is 72.3 Å². The van der Waals surface area contributed by atoms with Crippen molar-refractivity contribution in [2.75, 3.05) is 13.1 Å². The zero-order valence-electron chi connectivity index (χ0n) is 15.0. The van der Waals surface area contributed by atoms with Gasteiger partial charge in [-0.2, -0.15) is 0 Å². The van der Waals surface area contributed by atoms with E-state index >= 15 is 0 Å². The number of allylic oxidation sites excluding steroid dienone is 1. The van der Waals surface area contributed by atoms with Crippen molar-refractivity contribution in [2.24, 2.45) is 0 Å². The van der Waals surface area contributed by atoms with Crippen LogP contribution in [0.2, 0.25) is 5.02 Å². The molecule has 0 unspecified atom stereocenters. The second-order valence-corrected chi connectivity index (χ2v) is 7.25. The summed E-state index contributed by atoms with van der Waals surface area (Å²) in [6.07, 6.45) is 7.42. The lowest BCUT2D eigenvalue weighted by molar-refractivity contribution is 0.287. The predicted molar refractivity (Wildman–Crippen MR) is 112 cm³/mol. The van der Waals surface area contributed by atoms with Crippen molar-refractivity contribution in [3.8, 4) is 5.75 Å². The molecule has 0 saturated carbocycles. The molecule has 4 heteroatoms. The van der Waals surface area contributed by atoms with Crippen LogP contribution in [0.25, 0.3) is 17.0 Å². The first-order chi connectivity index (χ1) is 13.2. The summed E-state index contributed by atoms with van der Waals surface area (Å²) in [6, 6.07) is 17.5. The molecule has 0 atom stereocenters. The zero-order valence-corrected chi connectivity index (χ0v) is 15.7. The number of pyridine rings is 1. The first-order valence-corrected chi connectivity index (χ1v) is 9.48. The normalized spacial score (nSPS) is 15.4. The van der Waals surface area contributed by atoms with Gasteiger partial charge in [0, 0.05) is 30.0 Å². The van der Waals surface area contributed by atoms with Crippen molar-refractivity contribution in [1.82, 2.24) is 9.88 Å². The number of hydrogen-bond donors (Lipinski definition) is 1. The topological polar surface area (TPSA) is 36.4 Å².